The minimum atomic E-state index is -0.108. The maximum atomic E-state index is 12.3. The van der Waals surface area contributed by atoms with Crippen LogP contribution in [0.5, 0.6) is 0 Å². The fourth-order valence-electron chi connectivity index (χ4n) is 4.09. The lowest BCUT2D eigenvalue weighted by Crippen LogP contribution is -2.46. The van der Waals surface area contributed by atoms with Crippen LogP contribution in [0.2, 0.25) is 5.02 Å². The molecule has 2 aromatic heterocycles. The van der Waals surface area contributed by atoms with Gasteiger partial charge in [0.2, 0.25) is 0 Å². The first-order chi connectivity index (χ1) is 15.2. The number of nitrogens with zero attached hydrogens (tertiary/aromatic N) is 4. The molecule has 0 saturated carbocycles. The number of piperazine rings is 1. The number of nitrogens with one attached hydrogen (secondary N) is 1. The highest BCUT2D eigenvalue weighted by molar-refractivity contribution is 6.34. The first-order valence-electron chi connectivity index (χ1n) is 11.1. The maximum Gasteiger partial charge on any atom is 0.271 e. The van der Waals surface area contributed by atoms with Crippen molar-refractivity contribution in [1.82, 2.24) is 19.6 Å². The number of carbonyl (C=O) groups is 1. The number of amides is 1. The molecule has 1 N–H and O–H groups in total. The van der Waals surface area contributed by atoms with Gasteiger partial charge in [-0.3, -0.25) is 9.69 Å². The van der Waals surface area contributed by atoms with Crippen LogP contribution in [0, 0.1) is 0 Å². The number of benzene rings is 1. The molecule has 1 saturated heterocycles. The lowest BCUT2D eigenvalue weighted by Gasteiger charge is -2.36. The van der Waals surface area contributed by atoms with Crippen molar-refractivity contribution in [2.45, 2.75) is 26.2 Å². The van der Waals surface area contributed by atoms with Gasteiger partial charge in [-0.2, -0.15) is 0 Å². The van der Waals surface area contributed by atoms with E-state index < -0.39 is 0 Å². The normalized spacial score (nSPS) is 14.8. The zero-order chi connectivity index (χ0) is 21.6. The minimum Gasteiger partial charge on any atom is -0.368 e. The zero-order valence-corrected chi connectivity index (χ0v) is 18.8. The van der Waals surface area contributed by atoms with E-state index in [1.807, 2.05) is 28.8 Å². The summed E-state index contributed by atoms with van der Waals surface area (Å²) in [6.45, 7) is 7.95. The Hall–Kier alpha value is -2.57. The third-order valence-corrected chi connectivity index (χ3v) is 6.37. The second-order valence-electron chi connectivity index (χ2n) is 7.99. The highest BCUT2D eigenvalue weighted by atomic mass is 35.5. The average Bonchev–Trinajstić information content (AvgIpc) is 3.24. The molecule has 0 unspecified atom stereocenters. The molecular weight excluding hydrogens is 410 g/mol. The van der Waals surface area contributed by atoms with Crippen LogP contribution in [0.15, 0.2) is 48.8 Å². The van der Waals surface area contributed by atoms with Crippen LogP contribution in [-0.4, -0.2) is 59.5 Å². The molecule has 164 valence electrons. The molecule has 1 aromatic carbocycles. The summed E-state index contributed by atoms with van der Waals surface area (Å²) in [6, 6.07) is 12.1. The number of imidazole rings is 1. The Bertz CT molecular complexity index is 993. The first kappa shape index (κ1) is 21.7. The third-order valence-electron chi connectivity index (χ3n) is 5.94. The number of unbranched alkanes of at least 4 members (excludes halogenated alkanes) is 1. The molecule has 6 nitrogen and oxygen atoms in total. The predicted octanol–water partition coefficient (Wildman–Crippen LogP) is 3.88. The van der Waals surface area contributed by atoms with Gasteiger partial charge in [-0.05, 0) is 49.6 Å². The summed E-state index contributed by atoms with van der Waals surface area (Å²) in [5.41, 5.74) is 3.63. The number of hydrogen-bond acceptors (Lipinski definition) is 4. The molecule has 0 spiro atoms. The van der Waals surface area contributed by atoms with Gasteiger partial charge in [0, 0.05) is 45.1 Å². The van der Waals surface area contributed by atoms with Crippen LogP contribution in [-0.2, 0) is 6.42 Å². The molecule has 1 aliphatic rings. The number of pyridine rings is 1. The van der Waals surface area contributed by atoms with Gasteiger partial charge in [0.15, 0.2) is 0 Å². The highest BCUT2D eigenvalue weighted by Crippen LogP contribution is 2.30. The van der Waals surface area contributed by atoms with Gasteiger partial charge >= 0.3 is 0 Å². The Kier molecular flexibility index (Phi) is 7.10. The number of hydrogen-bond donors (Lipinski definition) is 1. The van der Waals surface area contributed by atoms with Gasteiger partial charge in [-0.1, -0.05) is 36.7 Å². The molecule has 1 fully saturated rings. The fourth-order valence-corrected chi connectivity index (χ4v) is 4.47. The predicted molar refractivity (Wildman–Crippen MR) is 126 cm³/mol. The summed E-state index contributed by atoms with van der Waals surface area (Å²) in [4.78, 5) is 21.6. The van der Waals surface area contributed by atoms with Crippen molar-refractivity contribution < 1.29 is 4.79 Å². The minimum absolute atomic E-state index is 0.108. The molecular formula is C24H30ClN5O. The number of aromatic nitrogens is 2. The molecule has 0 bridgehead atoms. The van der Waals surface area contributed by atoms with E-state index >= 15 is 0 Å². The van der Waals surface area contributed by atoms with Crippen LogP contribution in [0.1, 0.15) is 35.8 Å². The molecule has 1 aliphatic heterocycles. The van der Waals surface area contributed by atoms with Crippen molar-refractivity contribution in [2.24, 2.45) is 0 Å². The van der Waals surface area contributed by atoms with Crippen LogP contribution < -0.4 is 10.2 Å². The van der Waals surface area contributed by atoms with Gasteiger partial charge in [-0.25, -0.2) is 4.98 Å². The Morgan fingerprint density at radius 2 is 1.94 bits per heavy atom. The number of halogens is 1. The number of fused-ring (bicyclic) bond motifs is 1. The molecule has 0 aliphatic carbocycles. The van der Waals surface area contributed by atoms with E-state index in [-0.39, 0.29) is 5.91 Å². The second-order valence-corrected chi connectivity index (χ2v) is 8.37. The molecule has 0 atom stereocenters. The van der Waals surface area contributed by atoms with E-state index in [2.05, 4.69) is 45.2 Å². The SMILES string of the molecule is CCc1cccc(N2CCN(CCCCNC(=O)c3cn4ccccc4n3)CC2)c1Cl. The van der Waals surface area contributed by atoms with E-state index in [0.29, 0.717) is 12.2 Å². The topological polar surface area (TPSA) is 52.9 Å². The summed E-state index contributed by atoms with van der Waals surface area (Å²) in [7, 11) is 0. The van der Waals surface area contributed by atoms with Crippen LogP contribution in [0.25, 0.3) is 5.65 Å². The molecule has 0 radical (unpaired) electrons. The van der Waals surface area contributed by atoms with Crippen molar-refractivity contribution in [2.75, 3.05) is 44.2 Å². The molecule has 1 amide bonds. The van der Waals surface area contributed by atoms with Crippen LogP contribution >= 0.6 is 11.6 Å². The van der Waals surface area contributed by atoms with Crippen molar-refractivity contribution >= 4 is 28.8 Å². The number of carbonyl (C=O) groups excluding carboxylic acids is 1. The Morgan fingerprint density at radius 3 is 2.71 bits per heavy atom. The van der Waals surface area contributed by atoms with Crippen molar-refractivity contribution in [3.8, 4) is 0 Å². The molecule has 3 heterocycles. The van der Waals surface area contributed by atoms with E-state index in [9.17, 15) is 4.79 Å². The Labute approximate surface area is 188 Å². The Morgan fingerprint density at radius 1 is 1.10 bits per heavy atom. The quantitative estimate of drug-likeness (QED) is 0.541. The van der Waals surface area contributed by atoms with E-state index in [0.717, 1.165) is 68.3 Å². The van der Waals surface area contributed by atoms with Crippen molar-refractivity contribution in [1.29, 1.82) is 0 Å². The van der Waals surface area contributed by atoms with Crippen LogP contribution in [0.4, 0.5) is 5.69 Å². The standard InChI is InChI=1S/C24H30ClN5O/c1-2-19-8-7-9-21(23(19)25)29-16-14-28(15-17-29)12-6-4-11-26-24(31)20-18-30-13-5-3-10-22(30)27-20/h3,5,7-10,13,18H,2,4,6,11-12,14-17H2,1H3,(H,26,31). The molecule has 7 heteroatoms. The zero-order valence-electron chi connectivity index (χ0n) is 18.1. The van der Waals surface area contributed by atoms with E-state index in [4.69, 9.17) is 11.6 Å². The largest absolute Gasteiger partial charge is 0.368 e. The van der Waals surface area contributed by atoms with E-state index in [1.54, 1.807) is 6.20 Å². The summed E-state index contributed by atoms with van der Waals surface area (Å²) in [5, 5.41) is 3.89. The first-order valence-corrected chi connectivity index (χ1v) is 11.5. The van der Waals surface area contributed by atoms with E-state index in [1.165, 1.54) is 5.56 Å². The number of aryl methyl sites for hydroxylation is 1. The van der Waals surface area contributed by atoms with Gasteiger partial charge in [0.25, 0.3) is 5.91 Å². The molecule has 4 rings (SSSR count). The highest BCUT2D eigenvalue weighted by Gasteiger charge is 2.19. The lowest BCUT2D eigenvalue weighted by molar-refractivity contribution is 0.0948. The molecule has 31 heavy (non-hydrogen) atoms. The monoisotopic (exact) mass is 439 g/mol. The van der Waals surface area contributed by atoms with Crippen molar-refractivity contribution in [3.05, 3.63) is 65.1 Å². The van der Waals surface area contributed by atoms with Crippen molar-refractivity contribution in [3.63, 3.8) is 0 Å². The van der Waals surface area contributed by atoms with Crippen LogP contribution in [0.3, 0.4) is 0 Å². The Balaban J connectivity index is 1.16. The van der Waals surface area contributed by atoms with Gasteiger partial charge < -0.3 is 14.6 Å². The molecule has 3 aromatic rings. The second kappa shape index (κ2) is 10.2. The summed E-state index contributed by atoms with van der Waals surface area (Å²) in [6.07, 6.45) is 6.65. The fraction of sp³-hybridized carbons (Fsp3) is 0.417. The third kappa shape index (κ3) is 5.20. The smallest absolute Gasteiger partial charge is 0.271 e. The maximum absolute atomic E-state index is 12.3. The summed E-state index contributed by atoms with van der Waals surface area (Å²) >= 11 is 6.59. The lowest BCUT2D eigenvalue weighted by atomic mass is 10.1. The number of anilines is 1. The average molecular weight is 440 g/mol. The van der Waals surface area contributed by atoms with Gasteiger partial charge in [0.1, 0.15) is 11.3 Å². The van der Waals surface area contributed by atoms with Gasteiger partial charge in [0.05, 0.1) is 10.7 Å². The van der Waals surface area contributed by atoms with Gasteiger partial charge in [-0.15, -0.1) is 0 Å². The number of rotatable bonds is 8. The summed E-state index contributed by atoms with van der Waals surface area (Å²) < 4.78 is 1.86. The summed E-state index contributed by atoms with van der Waals surface area (Å²) in [5.74, 6) is -0.108.